The van der Waals surface area contributed by atoms with E-state index in [4.69, 9.17) is 0 Å². The third kappa shape index (κ3) is 4.24. The van der Waals surface area contributed by atoms with Crippen molar-refractivity contribution in [3.05, 3.63) is 33.8 Å². The summed E-state index contributed by atoms with van der Waals surface area (Å²) in [7, 11) is -0.836. The van der Waals surface area contributed by atoms with Crippen LogP contribution in [0.5, 0.6) is 0 Å². The molecular weight excluding hydrogens is 302 g/mol. The lowest BCUT2D eigenvalue weighted by Gasteiger charge is -2.08. The molecule has 1 aromatic rings. The predicted octanol–water partition coefficient (Wildman–Crippen LogP) is 2.26. The van der Waals surface area contributed by atoms with Crippen LogP contribution in [0.3, 0.4) is 0 Å². The Morgan fingerprint density at radius 2 is 2.18 bits per heavy atom. The number of hydrogen-bond acceptors (Lipinski definition) is 2. The summed E-state index contributed by atoms with van der Waals surface area (Å²) >= 11 is 3.39. The van der Waals surface area contributed by atoms with Crippen LogP contribution in [0.15, 0.2) is 22.7 Å². The van der Waals surface area contributed by atoms with Gasteiger partial charge in [-0.15, -0.1) is 0 Å². The minimum atomic E-state index is -0.836. The van der Waals surface area contributed by atoms with Crippen molar-refractivity contribution in [2.45, 2.75) is 13.8 Å². The first-order valence-corrected chi connectivity index (χ1v) is 7.72. The Balaban J connectivity index is 2.59. The maximum Gasteiger partial charge on any atom is 0.252 e. The summed E-state index contributed by atoms with van der Waals surface area (Å²) in [5, 5.41) is 2.77. The van der Waals surface area contributed by atoms with Gasteiger partial charge in [-0.05, 0) is 34.5 Å². The summed E-state index contributed by atoms with van der Waals surface area (Å²) in [6.45, 7) is 4.25. The molecule has 0 heterocycles. The first-order chi connectivity index (χ1) is 8.06. The molecule has 0 aliphatic heterocycles. The van der Waals surface area contributed by atoms with Crippen molar-refractivity contribution < 1.29 is 9.00 Å². The third-order valence-electron chi connectivity index (χ3n) is 2.37. The lowest BCUT2D eigenvalue weighted by atomic mass is 10.1. The molecule has 5 heteroatoms. The molecule has 0 saturated carbocycles. The molecule has 1 atom stereocenters. The Bertz CT molecular complexity index is 435. The predicted molar refractivity (Wildman–Crippen MR) is 74.8 cm³/mol. The van der Waals surface area contributed by atoms with E-state index in [0.29, 0.717) is 23.6 Å². The number of aryl methyl sites for hydroxylation is 1. The summed E-state index contributed by atoms with van der Waals surface area (Å²) in [6.07, 6.45) is 0. The number of hydrogen-bond donors (Lipinski definition) is 1. The van der Waals surface area contributed by atoms with Crippen molar-refractivity contribution in [3.8, 4) is 0 Å². The molecule has 0 aliphatic rings. The Hall–Kier alpha value is -0.680. The summed E-state index contributed by atoms with van der Waals surface area (Å²) in [6, 6.07) is 5.55. The second-order valence-electron chi connectivity index (χ2n) is 3.62. The first kappa shape index (κ1) is 14.4. The van der Waals surface area contributed by atoms with Gasteiger partial charge in [-0.3, -0.25) is 9.00 Å². The van der Waals surface area contributed by atoms with Gasteiger partial charge in [0.2, 0.25) is 0 Å². The number of carbonyl (C=O) groups is 1. The molecule has 1 unspecified atom stereocenters. The van der Waals surface area contributed by atoms with E-state index in [2.05, 4.69) is 21.2 Å². The highest BCUT2D eigenvalue weighted by atomic mass is 79.9. The van der Waals surface area contributed by atoms with Crippen molar-refractivity contribution in [2.75, 3.05) is 18.1 Å². The number of nitrogens with one attached hydrogen (secondary N) is 1. The molecule has 0 radical (unpaired) electrons. The highest BCUT2D eigenvalue weighted by Crippen LogP contribution is 2.20. The zero-order chi connectivity index (χ0) is 12.8. The summed E-state index contributed by atoms with van der Waals surface area (Å²) in [5.74, 6) is 1.00. The van der Waals surface area contributed by atoms with Crippen LogP contribution in [0, 0.1) is 6.92 Å². The van der Waals surface area contributed by atoms with Crippen LogP contribution >= 0.6 is 15.9 Å². The van der Waals surface area contributed by atoms with Gasteiger partial charge in [-0.1, -0.05) is 19.1 Å². The molecular formula is C12H16BrNO2S. The standard InChI is InChI=1S/C12H16BrNO2S/c1-3-17(16)8-7-14-12(15)10-6-4-5-9(2)11(10)13/h4-6H,3,7-8H2,1-2H3,(H,14,15). The van der Waals surface area contributed by atoms with Crippen LogP contribution in [0.2, 0.25) is 0 Å². The van der Waals surface area contributed by atoms with E-state index in [0.717, 1.165) is 10.0 Å². The molecule has 0 aromatic heterocycles. The average molecular weight is 318 g/mol. The number of rotatable bonds is 5. The average Bonchev–Trinajstić information content (AvgIpc) is 2.32. The topological polar surface area (TPSA) is 46.2 Å². The second kappa shape index (κ2) is 6.91. The number of carbonyl (C=O) groups excluding carboxylic acids is 1. The lowest BCUT2D eigenvalue weighted by Crippen LogP contribution is -2.28. The maximum atomic E-state index is 11.8. The Morgan fingerprint density at radius 1 is 1.47 bits per heavy atom. The van der Waals surface area contributed by atoms with Gasteiger partial charge in [-0.2, -0.15) is 0 Å². The molecule has 1 rings (SSSR count). The van der Waals surface area contributed by atoms with Crippen molar-refractivity contribution in [1.82, 2.24) is 5.32 Å². The highest BCUT2D eigenvalue weighted by Gasteiger charge is 2.10. The van der Waals surface area contributed by atoms with Gasteiger partial charge < -0.3 is 5.32 Å². The van der Waals surface area contributed by atoms with Crippen LogP contribution < -0.4 is 5.32 Å². The summed E-state index contributed by atoms with van der Waals surface area (Å²) in [4.78, 5) is 11.8. The molecule has 1 aromatic carbocycles. The van der Waals surface area contributed by atoms with Crippen LogP contribution in [-0.2, 0) is 10.8 Å². The number of benzene rings is 1. The molecule has 17 heavy (non-hydrogen) atoms. The molecule has 0 bridgehead atoms. The van der Waals surface area contributed by atoms with Crippen molar-refractivity contribution >= 4 is 32.6 Å². The van der Waals surface area contributed by atoms with Gasteiger partial charge >= 0.3 is 0 Å². The van der Waals surface area contributed by atoms with Crippen molar-refractivity contribution in [2.24, 2.45) is 0 Å². The van der Waals surface area contributed by atoms with E-state index in [1.807, 2.05) is 26.0 Å². The highest BCUT2D eigenvalue weighted by molar-refractivity contribution is 9.10. The van der Waals surface area contributed by atoms with Gasteiger partial charge in [-0.25, -0.2) is 0 Å². The minimum absolute atomic E-state index is 0.131. The molecule has 1 amide bonds. The molecule has 0 saturated heterocycles. The molecule has 0 fully saturated rings. The largest absolute Gasteiger partial charge is 0.351 e. The second-order valence-corrected chi connectivity index (χ2v) is 6.28. The monoisotopic (exact) mass is 317 g/mol. The van der Waals surface area contributed by atoms with Gasteiger partial charge in [0.1, 0.15) is 0 Å². The Kier molecular flexibility index (Phi) is 5.85. The van der Waals surface area contributed by atoms with Crippen LogP contribution in [-0.4, -0.2) is 28.2 Å². The number of amides is 1. The van der Waals surface area contributed by atoms with E-state index in [1.54, 1.807) is 6.07 Å². The third-order valence-corrected chi connectivity index (χ3v) is 4.73. The fourth-order valence-electron chi connectivity index (χ4n) is 1.34. The Morgan fingerprint density at radius 3 is 2.82 bits per heavy atom. The number of halogens is 1. The van der Waals surface area contributed by atoms with Gasteiger partial charge in [0.25, 0.3) is 5.91 Å². The molecule has 94 valence electrons. The maximum absolute atomic E-state index is 11.8. The van der Waals surface area contributed by atoms with Crippen LogP contribution in [0.25, 0.3) is 0 Å². The molecule has 0 spiro atoms. The fourth-order valence-corrected chi connectivity index (χ4v) is 2.40. The van der Waals surface area contributed by atoms with Gasteiger partial charge in [0.15, 0.2) is 0 Å². The van der Waals surface area contributed by atoms with Crippen LogP contribution in [0.4, 0.5) is 0 Å². The van der Waals surface area contributed by atoms with E-state index < -0.39 is 10.8 Å². The minimum Gasteiger partial charge on any atom is -0.351 e. The molecule has 1 N–H and O–H groups in total. The normalized spacial score (nSPS) is 12.2. The summed E-state index contributed by atoms with van der Waals surface area (Å²) in [5.41, 5.74) is 1.64. The first-order valence-electron chi connectivity index (χ1n) is 5.44. The van der Waals surface area contributed by atoms with Gasteiger partial charge in [0, 0.05) is 33.3 Å². The smallest absolute Gasteiger partial charge is 0.252 e. The van der Waals surface area contributed by atoms with E-state index in [1.165, 1.54) is 0 Å². The van der Waals surface area contributed by atoms with Gasteiger partial charge in [0.05, 0.1) is 5.56 Å². The fraction of sp³-hybridized carbons (Fsp3) is 0.417. The van der Waals surface area contributed by atoms with Crippen molar-refractivity contribution in [3.63, 3.8) is 0 Å². The molecule has 3 nitrogen and oxygen atoms in total. The quantitative estimate of drug-likeness (QED) is 0.905. The van der Waals surface area contributed by atoms with E-state index in [-0.39, 0.29) is 5.91 Å². The SMILES string of the molecule is CCS(=O)CCNC(=O)c1cccc(C)c1Br. The summed E-state index contributed by atoms with van der Waals surface area (Å²) < 4.78 is 12.0. The zero-order valence-corrected chi connectivity index (χ0v) is 12.4. The van der Waals surface area contributed by atoms with E-state index >= 15 is 0 Å². The van der Waals surface area contributed by atoms with Crippen molar-refractivity contribution in [1.29, 1.82) is 0 Å². The van der Waals surface area contributed by atoms with Crippen LogP contribution in [0.1, 0.15) is 22.8 Å². The Labute approximate surface area is 113 Å². The lowest BCUT2D eigenvalue weighted by molar-refractivity contribution is 0.0955. The molecule has 0 aliphatic carbocycles. The van der Waals surface area contributed by atoms with E-state index in [9.17, 15) is 9.00 Å². The zero-order valence-electron chi connectivity index (χ0n) is 9.96.